The van der Waals surface area contributed by atoms with Crippen LogP contribution in [0, 0.1) is 5.92 Å². The third-order valence-electron chi connectivity index (χ3n) is 2.00. The van der Waals surface area contributed by atoms with Crippen LogP contribution in [-0.2, 0) is 0 Å². The van der Waals surface area contributed by atoms with Gasteiger partial charge in [-0.1, -0.05) is 0 Å². The average molecular weight is 163 g/mol. The van der Waals surface area contributed by atoms with Crippen LogP contribution in [0.15, 0.2) is 18.7 Å². The van der Waals surface area contributed by atoms with Crippen molar-refractivity contribution in [2.75, 3.05) is 13.1 Å². The molecule has 12 heavy (non-hydrogen) atoms. The van der Waals surface area contributed by atoms with Gasteiger partial charge in [-0.3, -0.25) is 4.79 Å². The summed E-state index contributed by atoms with van der Waals surface area (Å²) in [4.78, 5) is 19.1. The van der Waals surface area contributed by atoms with Gasteiger partial charge < -0.3 is 5.32 Å². The maximum atomic E-state index is 11.5. The van der Waals surface area contributed by atoms with Crippen molar-refractivity contribution in [1.29, 1.82) is 0 Å². The van der Waals surface area contributed by atoms with E-state index in [1.165, 1.54) is 6.33 Å². The summed E-state index contributed by atoms with van der Waals surface area (Å²) in [5.41, 5.74) is 0.615. The molecule has 1 saturated heterocycles. The van der Waals surface area contributed by atoms with Crippen molar-refractivity contribution in [3.8, 4) is 0 Å². The number of rotatable bonds is 2. The fourth-order valence-corrected chi connectivity index (χ4v) is 1.14. The molecule has 0 aliphatic carbocycles. The molecule has 2 heterocycles. The molecule has 0 unspecified atom stereocenters. The van der Waals surface area contributed by atoms with Crippen molar-refractivity contribution >= 4 is 5.78 Å². The van der Waals surface area contributed by atoms with Crippen molar-refractivity contribution in [2.45, 2.75) is 0 Å². The summed E-state index contributed by atoms with van der Waals surface area (Å²) in [5, 5.41) is 3.05. The molecule has 4 heteroatoms. The summed E-state index contributed by atoms with van der Waals surface area (Å²) in [6, 6.07) is 0. The Morgan fingerprint density at radius 1 is 1.42 bits per heavy atom. The molecule has 0 spiro atoms. The lowest BCUT2D eigenvalue weighted by Crippen LogP contribution is -2.46. The first-order valence-corrected chi connectivity index (χ1v) is 3.88. The van der Waals surface area contributed by atoms with Crippen molar-refractivity contribution in [3.63, 3.8) is 0 Å². The van der Waals surface area contributed by atoms with Crippen LogP contribution >= 0.6 is 0 Å². The molecule has 62 valence electrons. The molecule has 0 bridgehead atoms. The highest BCUT2D eigenvalue weighted by atomic mass is 16.1. The molecule has 0 atom stereocenters. The summed E-state index contributed by atoms with van der Waals surface area (Å²) in [5.74, 6) is 0.283. The highest BCUT2D eigenvalue weighted by Crippen LogP contribution is 2.10. The number of Topliss-reactive ketones (excluding diaryl/α,β-unsaturated/α-hetero) is 1. The van der Waals surface area contributed by atoms with Crippen LogP contribution in [0.5, 0.6) is 0 Å². The Kier molecular flexibility index (Phi) is 1.83. The lowest BCUT2D eigenvalue weighted by molar-refractivity contribution is 0.0877. The monoisotopic (exact) mass is 163 g/mol. The molecule has 1 aromatic rings. The zero-order valence-electron chi connectivity index (χ0n) is 6.53. The van der Waals surface area contributed by atoms with E-state index in [2.05, 4.69) is 15.3 Å². The minimum Gasteiger partial charge on any atom is -0.315 e. The van der Waals surface area contributed by atoms with Crippen molar-refractivity contribution in [2.24, 2.45) is 5.92 Å². The first-order valence-electron chi connectivity index (χ1n) is 3.88. The normalized spacial score (nSPS) is 17.0. The largest absolute Gasteiger partial charge is 0.315 e. The molecule has 1 aliphatic rings. The SMILES string of the molecule is O=C(c1cncnc1)C1CNC1. The number of ketones is 1. The van der Waals surface area contributed by atoms with E-state index in [0.717, 1.165) is 13.1 Å². The standard InChI is InChI=1S/C8H9N3O/c12-8(6-1-9-2-6)7-3-10-5-11-4-7/h3-6,9H,1-2H2. The zero-order chi connectivity index (χ0) is 8.39. The maximum absolute atomic E-state index is 11.5. The number of nitrogens with zero attached hydrogens (tertiary/aromatic N) is 2. The van der Waals surface area contributed by atoms with E-state index >= 15 is 0 Å². The molecule has 1 fully saturated rings. The van der Waals surface area contributed by atoms with Gasteiger partial charge in [0.15, 0.2) is 5.78 Å². The third-order valence-corrected chi connectivity index (χ3v) is 2.00. The van der Waals surface area contributed by atoms with E-state index < -0.39 is 0 Å². The van der Waals surface area contributed by atoms with E-state index in [9.17, 15) is 4.79 Å². The lowest BCUT2D eigenvalue weighted by Gasteiger charge is -2.25. The Morgan fingerprint density at radius 2 is 2.08 bits per heavy atom. The Hall–Kier alpha value is -1.29. The van der Waals surface area contributed by atoms with E-state index in [-0.39, 0.29) is 11.7 Å². The second-order valence-electron chi connectivity index (χ2n) is 2.85. The van der Waals surface area contributed by atoms with Gasteiger partial charge in [-0.05, 0) is 0 Å². The van der Waals surface area contributed by atoms with Gasteiger partial charge in [-0.15, -0.1) is 0 Å². The first-order chi connectivity index (χ1) is 5.88. The molecule has 1 aromatic heterocycles. The van der Waals surface area contributed by atoms with Gasteiger partial charge in [-0.2, -0.15) is 0 Å². The number of aromatic nitrogens is 2. The van der Waals surface area contributed by atoms with Crippen molar-refractivity contribution in [1.82, 2.24) is 15.3 Å². The third kappa shape index (κ3) is 1.21. The van der Waals surface area contributed by atoms with Crippen LogP contribution in [0.2, 0.25) is 0 Å². The Bertz CT molecular complexity index is 282. The van der Waals surface area contributed by atoms with Crippen LogP contribution in [0.1, 0.15) is 10.4 Å². The predicted molar refractivity (Wildman–Crippen MR) is 42.7 cm³/mol. The zero-order valence-corrected chi connectivity index (χ0v) is 6.53. The number of carbonyl (C=O) groups excluding carboxylic acids is 1. The van der Waals surface area contributed by atoms with Crippen LogP contribution in [0.25, 0.3) is 0 Å². The summed E-state index contributed by atoms with van der Waals surface area (Å²) in [6.07, 6.45) is 4.55. The number of hydrogen-bond donors (Lipinski definition) is 1. The van der Waals surface area contributed by atoms with Crippen molar-refractivity contribution in [3.05, 3.63) is 24.3 Å². The summed E-state index contributed by atoms with van der Waals surface area (Å²) in [7, 11) is 0. The Morgan fingerprint density at radius 3 is 2.58 bits per heavy atom. The predicted octanol–water partition coefficient (Wildman–Crippen LogP) is -0.121. The van der Waals surface area contributed by atoms with Gasteiger partial charge in [0.25, 0.3) is 0 Å². The fourth-order valence-electron chi connectivity index (χ4n) is 1.14. The smallest absolute Gasteiger partial charge is 0.171 e. The molecular weight excluding hydrogens is 154 g/mol. The minimum atomic E-state index is 0.135. The maximum Gasteiger partial charge on any atom is 0.171 e. The van der Waals surface area contributed by atoms with Gasteiger partial charge in [0.2, 0.25) is 0 Å². The molecule has 0 saturated carbocycles. The molecule has 0 aromatic carbocycles. The molecular formula is C8H9N3O. The van der Waals surface area contributed by atoms with Gasteiger partial charge >= 0.3 is 0 Å². The highest BCUT2D eigenvalue weighted by molar-refractivity contribution is 5.98. The molecule has 0 radical (unpaired) electrons. The van der Waals surface area contributed by atoms with Crippen LogP contribution in [0.3, 0.4) is 0 Å². The van der Waals surface area contributed by atoms with Crippen LogP contribution in [0.4, 0.5) is 0 Å². The first kappa shape index (κ1) is 7.36. The van der Waals surface area contributed by atoms with Crippen LogP contribution < -0.4 is 5.32 Å². The summed E-state index contributed by atoms with van der Waals surface area (Å²) >= 11 is 0. The molecule has 1 N–H and O–H groups in total. The average Bonchev–Trinajstić information content (AvgIpc) is 2.03. The number of hydrogen-bond acceptors (Lipinski definition) is 4. The van der Waals surface area contributed by atoms with Crippen molar-refractivity contribution < 1.29 is 4.79 Å². The molecule has 4 nitrogen and oxygen atoms in total. The lowest BCUT2D eigenvalue weighted by atomic mass is 9.94. The van der Waals surface area contributed by atoms with Gasteiger partial charge in [0.1, 0.15) is 6.33 Å². The second kappa shape index (κ2) is 2.98. The molecule has 0 amide bonds. The van der Waals surface area contributed by atoms with Crippen LogP contribution in [-0.4, -0.2) is 28.8 Å². The van der Waals surface area contributed by atoms with Gasteiger partial charge in [0.05, 0.1) is 5.56 Å². The van der Waals surface area contributed by atoms with E-state index in [1.807, 2.05) is 0 Å². The summed E-state index contributed by atoms with van der Waals surface area (Å²) in [6.45, 7) is 1.57. The molecule has 1 aliphatic heterocycles. The minimum absolute atomic E-state index is 0.135. The quantitative estimate of drug-likeness (QED) is 0.617. The topological polar surface area (TPSA) is 54.9 Å². The van der Waals surface area contributed by atoms with E-state index in [0.29, 0.717) is 5.56 Å². The number of carbonyl (C=O) groups is 1. The number of nitrogens with one attached hydrogen (secondary N) is 1. The fraction of sp³-hybridized carbons (Fsp3) is 0.375. The van der Waals surface area contributed by atoms with E-state index in [4.69, 9.17) is 0 Å². The highest BCUT2D eigenvalue weighted by Gasteiger charge is 2.25. The Labute approximate surface area is 70.0 Å². The Balaban J connectivity index is 2.14. The molecule has 2 rings (SSSR count). The second-order valence-corrected chi connectivity index (χ2v) is 2.85. The van der Waals surface area contributed by atoms with Gasteiger partial charge in [0, 0.05) is 31.4 Å². The van der Waals surface area contributed by atoms with E-state index in [1.54, 1.807) is 12.4 Å². The van der Waals surface area contributed by atoms with Gasteiger partial charge in [-0.25, -0.2) is 9.97 Å². The summed E-state index contributed by atoms with van der Waals surface area (Å²) < 4.78 is 0.